The zero-order valence-electron chi connectivity index (χ0n) is 20.9. The van der Waals surface area contributed by atoms with Gasteiger partial charge in [-0.05, 0) is 36.5 Å². The molecule has 0 radical (unpaired) electrons. The first-order valence-electron chi connectivity index (χ1n) is 12.0. The monoisotopic (exact) mass is 504 g/mol. The van der Waals surface area contributed by atoms with E-state index >= 15 is 0 Å². The molecule has 0 amide bonds. The lowest BCUT2D eigenvalue weighted by Gasteiger charge is -2.55. The van der Waals surface area contributed by atoms with Gasteiger partial charge in [0, 0.05) is 36.1 Å². The number of nitrogens with zero attached hydrogens (tertiary/aromatic N) is 2. The molecule has 2 aromatic carbocycles. The minimum Gasteiger partial charge on any atom is -0.392 e. The number of aliphatic hydroxyl groups excluding tert-OH is 1. The van der Waals surface area contributed by atoms with Gasteiger partial charge in [-0.2, -0.15) is 4.31 Å². The third-order valence-electron chi connectivity index (χ3n) is 7.33. The van der Waals surface area contributed by atoms with E-state index in [1.165, 1.54) is 28.6 Å². The lowest BCUT2D eigenvalue weighted by molar-refractivity contribution is -0.384. The Labute approximate surface area is 208 Å². The molecule has 2 unspecified atom stereocenters. The summed E-state index contributed by atoms with van der Waals surface area (Å²) in [4.78, 5) is 10.4. The van der Waals surface area contributed by atoms with Crippen molar-refractivity contribution in [2.24, 2.45) is 11.3 Å². The molecule has 8 nitrogen and oxygen atoms in total. The molecule has 0 aromatic heterocycles. The van der Waals surface area contributed by atoms with Crippen LogP contribution in [-0.4, -0.2) is 55.2 Å². The summed E-state index contributed by atoms with van der Waals surface area (Å²) in [6, 6.07) is 14.9. The third-order valence-corrected chi connectivity index (χ3v) is 9.17. The third kappa shape index (κ3) is 5.58. The molecule has 3 rings (SSSR count). The number of non-ortho nitro benzene ring substituents is 1. The number of benzene rings is 2. The van der Waals surface area contributed by atoms with E-state index in [1.54, 1.807) is 0 Å². The molecule has 0 spiro atoms. The number of nitro benzene ring substituents is 1. The summed E-state index contributed by atoms with van der Waals surface area (Å²) in [6.45, 7) is 9.43. The standard InChI is InChI=1S/C26H36N2O6S/c1-5-26(18-34-19-26)25(4,21-9-7-6-8-10-21)15-23(29)17-27(16-20(2)3)35(32,33)24-13-11-22(12-14-24)28(30)31/h6-14,20,23,29H,5,15-19H2,1-4H3. The van der Waals surface area contributed by atoms with Crippen LogP contribution in [0.15, 0.2) is 59.5 Å². The minimum atomic E-state index is -3.96. The average molecular weight is 505 g/mol. The van der Waals surface area contributed by atoms with Crippen LogP contribution >= 0.6 is 0 Å². The van der Waals surface area contributed by atoms with Gasteiger partial charge in [0.25, 0.3) is 5.69 Å². The number of rotatable bonds is 12. The Morgan fingerprint density at radius 1 is 1.11 bits per heavy atom. The molecule has 35 heavy (non-hydrogen) atoms. The van der Waals surface area contributed by atoms with Gasteiger partial charge in [-0.15, -0.1) is 0 Å². The highest BCUT2D eigenvalue weighted by Crippen LogP contribution is 2.52. The summed E-state index contributed by atoms with van der Waals surface area (Å²) >= 11 is 0. The molecule has 0 aliphatic carbocycles. The number of nitro groups is 1. The lowest BCUT2D eigenvalue weighted by Crippen LogP contribution is -2.58. The summed E-state index contributed by atoms with van der Waals surface area (Å²) in [5, 5.41) is 22.3. The van der Waals surface area contributed by atoms with Gasteiger partial charge in [0.2, 0.25) is 10.0 Å². The number of ether oxygens (including phenoxy) is 1. The summed E-state index contributed by atoms with van der Waals surface area (Å²) in [5.41, 5.74) is 0.361. The fraction of sp³-hybridized carbons (Fsp3) is 0.538. The summed E-state index contributed by atoms with van der Waals surface area (Å²) in [5.74, 6) is 0.0255. The van der Waals surface area contributed by atoms with Crippen LogP contribution in [0.25, 0.3) is 0 Å². The minimum absolute atomic E-state index is 0.0255. The Bertz CT molecular complexity index is 1090. The molecule has 1 heterocycles. The van der Waals surface area contributed by atoms with E-state index in [1.807, 2.05) is 32.0 Å². The first-order chi connectivity index (χ1) is 16.4. The maximum atomic E-state index is 13.5. The molecule has 2 aromatic rings. The molecule has 9 heteroatoms. The molecular formula is C26H36N2O6S. The molecular weight excluding hydrogens is 468 g/mol. The maximum absolute atomic E-state index is 13.5. The Morgan fingerprint density at radius 2 is 1.71 bits per heavy atom. The van der Waals surface area contributed by atoms with Crippen LogP contribution in [-0.2, 0) is 20.2 Å². The highest BCUT2D eigenvalue weighted by atomic mass is 32.2. The first kappa shape index (κ1) is 27.3. The SMILES string of the molecule is CCC1(C(C)(CC(O)CN(CC(C)C)S(=O)(=O)c2ccc([N+](=O)[O-])cc2)c2ccccc2)COC1. The number of sulfonamides is 1. The van der Waals surface area contributed by atoms with Crippen molar-refractivity contribution in [2.75, 3.05) is 26.3 Å². The second-order valence-corrected chi connectivity index (χ2v) is 12.1. The van der Waals surface area contributed by atoms with E-state index in [0.29, 0.717) is 19.6 Å². The fourth-order valence-corrected chi connectivity index (χ4v) is 6.69. The van der Waals surface area contributed by atoms with Gasteiger partial charge in [0.15, 0.2) is 0 Å². The second kappa shape index (κ2) is 10.7. The Balaban J connectivity index is 1.89. The van der Waals surface area contributed by atoms with Gasteiger partial charge in [-0.25, -0.2) is 8.42 Å². The van der Waals surface area contributed by atoms with Gasteiger partial charge in [0.1, 0.15) is 0 Å². The molecule has 1 fully saturated rings. The van der Waals surface area contributed by atoms with Gasteiger partial charge < -0.3 is 9.84 Å². The van der Waals surface area contributed by atoms with Gasteiger partial charge in [-0.1, -0.05) is 58.0 Å². The van der Waals surface area contributed by atoms with Crippen LogP contribution in [0.5, 0.6) is 0 Å². The summed E-state index contributed by atoms with van der Waals surface area (Å²) in [7, 11) is -3.96. The molecule has 0 bridgehead atoms. The van der Waals surface area contributed by atoms with Crippen molar-refractivity contribution in [3.63, 3.8) is 0 Å². The van der Waals surface area contributed by atoms with Crippen LogP contribution in [0, 0.1) is 21.4 Å². The molecule has 192 valence electrons. The quantitative estimate of drug-likeness (QED) is 0.339. The van der Waals surface area contributed by atoms with Gasteiger partial charge in [-0.3, -0.25) is 10.1 Å². The summed E-state index contributed by atoms with van der Waals surface area (Å²) in [6.07, 6.45) is 0.330. The van der Waals surface area contributed by atoms with E-state index in [9.17, 15) is 23.6 Å². The summed E-state index contributed by atoms with van der Waals surface area (Å²) < 4.78 is 33.8. The number of hydrogen-bond donors (Lipinski definition) is 1. The molecule has 1 saturated heterocycles. The van der Waals surface area contributed by atoms with E-state index < -0.39 is 26.5 Å². The highest BCUT2D eigenvalue weighted by molar-refractivity contribution is 7.89. The molecule has 1 aliphatic heterocycles. The smallest absolute Gasteiger partial charge is 0.269 e. The maximum Gasteiger partial charge on any atom is 0.269 e. The molecule has 1 N–H and O–H groups in total. The number of hydrogen-bond acceptors (Lipinski definition) is 6. The van der Waals surface area contributed by atoms with Crippen molar-refractivity contribution < 1.29 is 23.2 Å². The van der Waals surface area contributed by atoms with Crippen molar-refractivity contribution in [1.29, 1.82) is 0 Å². The Hall–Kier alpha value is -2.33. The van der Waals surface area contributed by atoms with E-state index in [4.69, 9.17) is 4.74 Å². The zero-order valence-corrected chi connectivity index (χ0v) is 21.7. The van der Waals surface area contributed by atoms with Crippen molar-refractivity contribution in [3.05, 3.63) is 70.3 Å². The Morgan fingerprint density at radius 3 is 2.17 bits per heavy atom. The molecule has 2 atom stereocenters. The number of aliphatic hydroxyl groups is 1. The van der Waals surface area contributed by atoms with Crippen molar-refractivity contribution in [3.8, 4) is 0 Å². The zero-order chi connectivity index (χ0) is 25.9. The van der Waals surface area contributed by atoms with E-state index in [-0.39, 0.29) is 35.0 Å². The lowest BCUT2D eigenvalue weighted by atomic mass is 9.56. The first-order valence-corrected chi connectivity index (χ1v) is 13.4. The average Bonchev–Trinajstić information content (AvgIpc) is 2.78. The topological polar surface area (TPSA) is 110 Å². The fourth-order valence-electron chi connectivity index (χ4n) is 5.05. The van der Waals surface area contributed by atoms with E-state index in [0.717, 1.165) is 12.0 Å². The highest BCUT2D eigenvalue weighted by Gasteiger charge is 2.53. The molecule has 1 aliphatic rings. The Kier molecular flexibility index (Phi) is 8.36. The van der Waals surface area contributed by atoms with Crippen molar-refractivity contribution in [2.45, 2.75) is 57.0 Å². The molecule has 0 saturated carbocycles. The van der Waals surface area contributed by atoms with Crippen LogP contribution in [0.4, 0.5) is 5.69 Å². The predicted octanol–water partition coefficient (Wildman–Crippen LogP) is 4.38. The van der Waals surface area contributed by atoms with Crippen LogP contribution in [0.1, 0.15) is 46.1 Å². The van der Waals surface area contributed by atoms with Gasteiger partial charge >= 0.3 is 0 Å². The predicted molar refractivity (Wildman–Crippen MR) is 135 cm³/mol. The van der Waals surface area contributed by atoms with E-state index in [2.05, 4.69) is 26.0 Å². The normalized spacial score (nSPS) is 18.1. The second-order valence-electron chi connectivity index (χ2n) is 10.1. The van der Waals surface area contributed by atoms with Crippen LogP contribution < -0.4 is 0 Å². The van der Waals surface area contributed by atoms with Gasteiger partial charge in [0.05, 0.1) is 29.1 Å². The van der Waals surface area contributed by atoms with Crippen LogP contribution in [0.2, 0.25) is 0 Å². The van der Waals surface area contributed by atoms with Crippen LogP contribution in [0.3, 0.4) is 0 Å². The largest absolute Gasteiger partial charge is 0.392 e. The van der Waals surface area contributed by atoms with Crippen molar-refractivity contribution in [1.82, 2.24) is 4.31 Å². The van der Waals surface area contributed by atoms with Crippen molar-refractivity contribution >= 4 is 15.7 Å².